The molecule has 2 unspecified atom stereocenters. The largest absolute Gasteiger partial charge is 0.421 e. The van der Waals surface area contributed by atoms with E-state index >= 15 is 0 Å². The molecule has 0 bridgehead atoms. The fourth-order valence-electron chi connectivity index (χ4n) is 4.38. The van der Waals surface area contributed by atoms with Crippen LogP contribution < -0.4 is 0 Å². The summed E-state index contributed by atoms with van der Waals surface area (Å²) in [6, 6.07) is 18.6. The Balaban J connectivity index is 0.00000121. The Morgan fingerprint density at radius 3 is 1.92 bits per heavy atom. The highest BCUT2D eigenvalue weighted by atomic mass is 19.4. The second kappa shape index (κ2) is 12.3. The summed E-state index contributed by atoms with van der Waals surface area (Å²) in [6.45, 7) is 7.83. The number of aromatic nitrogens is 1. The maximum Gasteiger partial charge on any atom is 0.421 e. The molecular formula is C28H30F3N3O3. The summed E-state index contributed by atoms with van der Waals surface area (Å²) in [5.41, 5.74) is 1.19. The minimum absolute atomic E-state index is 0.169. The normalized spacial score (nSPS) is 18.3. The van der Waals surface area contributed by atoms with Crippen molar-refractivity contribution in [1.29, 1.82) is 0 Å². The van der Waals surface area contributed by atoms with E-state index in [9.17, 15) is 18.3 Å². The summed E-state index contributed by atoms with van der Waals surface area (Å²) in [6.07, 6.45) is -0.807. The molecule has 2 atom stereocenters. The molecule has 0 spiro atoms. The Kier molecular flexibility index (Phi) is 9.34. The van der Waals surface area contributed by atoms with Gasteiger partial charge in [0, 0.05) is 51.2 Å². The van der Waals surface area contributed by atoms with Gasteiger partial charge in [0.15, 0.2) is 5.60 Å². The number of rotatable bonds is 6. The first kappa shape index (κ1) is 28.2. The molecule has 1 aliphatic rings. The van der Waals surface area contributed by atoms with Crippen molar-refractivity contribution in [2.24, 2.45) is 0 Å². The van der Waals surface area contributed by atoms with Crippen LogP contribution >= 0.6 is 0 Å². The van der Waals surface area contributed by atoms with Crippen molar-refractivity contribution in [3.8, 4) is 11.1 Å². The van der Waals surface area contributed by atoms with Crippen molar-refractivity contribution in [1.82, 2.24) is 14.8 Å². The summed E-state index contributed by atoms with van der Waals surface area (Å²) in [5.74, 6) is 0. The van der Waals surface area contributed by atoms with Crippen molar-refractivity contribution < 1.29 is 27.9 Å². The maximum absolute atomic E-state index is 13.1. The zero-order chi connectivity index (χ0) is 27.1. The topological polar surface area (TPSA) is 73.7 Å². The molecule has 2 aromatic carbocycles. The fraction of sp³-hybridized carbons (Fsp3) is 0.357. The summed E-state index contributed by atoms with van der Waals surface area (Å²) in [4.78, 5) is 25.3. The molecule has 0 radical (unpaired) electrons. The highest BCUT2D eigenvalue weighted by Crippen LogP contribution is 2.39. The molecule has 1 fully saturated rings. The lowest BCUT2D eigenvalue weighted by atomic mass is 9.93. The van der Waals surface area contributed by atoms with Crippen LogP contribution in [-0.4, -0.2) is 57.9 Å². The fourth-order valence-corrected chi connectivity index (χ4v) is 4.38. The lowest BCUT2D eigenvalue weighted by Crippen LogP contribution is -2.50. The molecule has 4 rings (SSSR count). The van der Waals surface area contributed by atoms with Crippen molar-refractivity contribution in [3.63, 3.8) is 0 Å². The van der Waals surface area contributed by atoms with Gasteiger partial charge in [0.25, 0.3) is 0 Å². The van der Waals surface area contributed by atoms with E-state index in [1.807, 2.05) is 24.5 Å². The number of benzene rings is 2. The number of nitrogens with zero attached hydrogens (tertiary/aromatic N) is 3. The van der Waals surface area contributed by atoms with Gasteiger partial charge in [0.2, 0.25) is 0 Å². The smallest absolute Gasteiger partial charge is 0.376 e. The minimum atomic E-state index is -4.72. The molecule has 6 nitrogen and oxygen atoms in total. The number of alkyl halides is 3. The van der Waals surface area contributed by atoms with E-state index in [0.717, 1.165) is 50.8 Å². The lowest BCUT2D eigenvalue weighted by Gasteiger charge is -2.40. The van der Waals surface area contributed by atoms with Crippen LogP contribution in [0.15, 0.2) is 73.1 Å². The minimum Gasteiger partial charge on any atom is -0.376 e. The predicted octanol–water partition coefficient (Wildman–Crippen LogP) is 4.64. The summed E-state index contributed by atoms with van der Waals surface area (Å²) < 4.78 is 39.2. The van der Waals surface area contributed by atoms with E-state index in [0.29, 0.717) is 6.04 Å². The van der Waals surface area contributed by atoms with Gasteiger partial charge in [-0.3, -0.25) is 14.8 Å². The molecule has 3 aromatic rings. The molecule has 0 amide bonds. The monoisotopic (exact) mass is 513 g/mol. The van der Waals surface area contributed by atoms with E-state index in [2.05, 4.69) is 46.0 Å². The SMILES string of the molecule is CC1CN(Cc2ccc(-c3ccc(C(C)(O)C(F)(F)F)cc3)cc2)CCN1Cc1ccncc1.O=C=O. The van der Waals surface area contributed by atoms with Gasteiger partial charge < -0.3 is 5.11 Å². The molecule has 37 heavy (non-hydrogen) atoms. The number of hydrogen-bond acceptors (Lipinski definition) is 6. The third-order valence-corrected chi connectivity index (χ3v) is 6.68. The second-order valence-corrected chi connectivity index (χ2v) is 9.34. The Morgan fingerprint density at radius 2 is 1.41 bits per heavy atom. The van der Waals surface area contributed by atoms with Crippen LogP contribution in [0.2, 0.25) is 0 Å². The second-order valence-electron chi connectivity index (χ2n) is 9.34. The van der Waals surface area contributed by atoms with Gasteiger partial charge in [0.1, 0.15) is 0 Å². The van der Waals surface area contributed by atoms with E-state index in [1.54, 1.807) is 12.1 Å². The maximum atomic E-state index is 13.1. The molecule has 1 aromatic heterocycles. The van der Waals surface area contributed by atoms with E-state index in [-0.39, 0.29) is 11.7 Å². The van der Waals surface area contributed by atoms with Gasteiger partial charge in [-0.25, -0.2) is 0 Å². The Bertz CT molecular complexity index is 1160. The number of carbonyl (C=O) groups excluding carboxylic acids is 2. The molecule has 1 N–H and O–H groups in total. The molecule has 1 aliphatic heterocycles. The molecule has 0 saturated carbocycles. The van der Waals surface area contributed by atoms with Crippen LogP contribution in [0.3, 0.4) is 0 Å². The number of hydrogen-bond donors (Lipinski definition) is 1. The average Bonchev–Trinajstić information content (AvgIpc) is 2.87. The first-order valence-electron chi connectivity index (χ1n) is 11.9. The first-order valence-corrected chi connectivity index (χ1v) is 11.9. The summed E-state index contributed by atoms with van der Waals surface area (Å²) >= 11 is 0. The molecule has 196 valence electrons. The van der Waals surface area contributed by atoms with Gasteiger partial charge >= 0.3 is 12.3 Å². The van der Waals surface area contributed by atoms with E-state index < -0.39 is 11.8 Å². The highest BCUT2D eigenvalue weighted by Gasteiger charge is 2.51. The first-order chi connectivity index (χ1) is 17.5. The van der Waals surface area contributed by atoms with Crippen molar-refractivity contribution in [2.75, 3.05) is 19.6 Å². The lowest BCUT2D eigenvalue weighted by molar-refractivity contribution is -0.258. The Hall–Kier alpha value is -3.36. The zero-order valence-corrected chi connectivity index (χ0v) is 20.8. The van der Waals surface area contributed by atoms with Gasteiger partial charge in [-0.15, -0.1) is 0 Å². The van der Waals surface area contributed by atoms with Crippen molar-refractivity contribution in [3.05, 3.63) is 89.7 Å². The molecule has 0 aliphatic carbocycles. The third kappa shape index (κ3) is 7.33. The Labute approximate surface area is 214 Å². The van der Waals surface area contributed by atoms with Crippen LogP contribution in [0.5, 0.6) is 0 Å². The summed E-state index contributed by atoms with van der Waals surface area (Å²) in [5, 5.41) is 9.85. The van der Waals surface area contributed by atoms with Crippen LogP contribution in [0, 0.1) is 0 Å². The number of piperazine rings is 1. The average molecular weight is 514 g/mol. The van der Waals surface area contributed by atoms with E-state index in [4.69, 9.17) is 9.59 Å². The quantitative estimate of drug-likeness (QED) is 0.518. The van der Waals surface area contributed by atoms with Crippen LogP contribution in [0.1, 0.15) is 30.5 Å². The number of halogens is 3. The molecule has 9 heteroatoms. The highest BCUT2D eigenvalue weighted by molar-refractivity contribution is 5.64. The van der Waals surface area contributed by atoms with Gasteiger partial charge in [0.05, 0.1) is 0 Å². The van der Waals surface area contributed by atoms with Crippen molar-refractivity contribution in [2.45, 2.75) is 44.8 Å². The van der Waals surface area contributed by atoms with Crippen LogP contribution in [0.25, 0.3) is 11.1 Å². The van der Waals surface area contributed by atoms with Crippen LogP contribution in [0.4, 0.5) is 13.2 Å². The van der Waals surface area contributed by atoms with Crippen LogP contribution in [-0.2, 0) is 28.3 Å². The standard InChI is InChI=1S/C27H30F3N3O.CO2/c1-20-17-32(15-16-33(20)19-22-11-13-31-14-12-22)18-21-3-5-23(6-4-21)24-7-9-25(10-8-24)26(2,34)27(28,29)30;2-1-3/h3-14,20,34H,15-19H2,1-2H3;. The Morgan fingerprint density at radius 1 is 0.892 bits per heavy atom. The molecule has 2 heterocycles. The predicted molar refractivity (Wildman–Crippen MR) is 132 cm³/mol. The van der Waals surface area contributed by atoms with E-state index in [1.165, 1.54) is 23.3 Å². The third-order valence-electron chi connectivity index (χ3n) is 6.68. The zero-order valence-electron chi connectivity index (χ0n) is 20.8. The number of aliphatic hydroxyl groups is 1. The number of pyridine rings is 1. The molecular weight excluding hydrogens is 483 g/mol. The summed E-state index contributed by atoms with van der Waals surface area (Å²) in [7, 11) is 0. The van der Waals surface area contributed by atoms with Gasteiger partial charge in [-0.1, -0.05) is 48.5 Å². The molecule has 1 saturated heterocycles. The van der Waals surface area contributed by atoms with Crippen molar-refractivity contribution >= 4 is 6.15 Å². The van der Waals surface area contributed by atoms with Gasteiger partial charge in [-0.2, -0.15) is 22.8 Å². The van der Waals surface area contributed by atoms with Gasteiger partial charge in [-0.05, 0) is 53.8 Å².